The predicted molar refractivity (Wildman–Crippen MR) is 89.7 cm³/mol. The number of carbonyl (C=O) groups is 1. The Morgan fingerprint density at radius 3 is 2.52 bits per heavy atom. The molecule has 0 bridgehead atoms. The van der Waals surface area contributed by atoms with E-state index in [2.05, 4.69) is 24.5 Å². The van der Waals surface area contributed by atoms with Crippen molar-refractivity contribution in [2.24, 2.45) is 5.92 Å². The summed E-state index contributed by atoms with van der Waals surface area (Å²) in [5, 5.41) is 15.5. The van der Waals surface area contributed by atoms with Gasteiger partial charge in [-0.25, -0.2) is 9.18 Å². The van der Waals surface area contributed by atoms with E-state index in [1.54, 1.807) is 12.1 Å². The maximum Gasteiger partial charge on any atom is 0.315 e. The van der Waals surface area contributed by atoms with Gasteiger partial charge >= 0.3 is 6.03 Å². The van der Waals surface area contributed by atoms with E-state index in [9.17, 15) is 14.3 Å². The van der Waals surface area contributed by atoms with Crippen LogP contribution in [0.25, 0.3) is 0 Å². The molecule has 0 saturated carbocycles. The largest absolute Gasteiger partial charge is 0.386 e. The predicted octanol–water partition coefficient (Wildman–Crippen LogP) is 2.13. The van der Waals surface area contributed by atoms with Crippen LogP contribution in [0.15, 0.2) is 24.3 Å². The van der Waals surface area contributed by atoms with Crippen LogP contribution in [0.5, 0.6) is 0 Å². The van der Waals surface area contributed by atoms with Crippen molar-refractivity contribution < 1.29 is 14.3 Å². The molecule has 0 aliphatic carbocycles. The van der Waals surface area contributed by atoms with Gasteiger partial charge in [0.2, 0.25) is 0 Å². The van der Waals surface area contributed by atoms with Gasteiger partial charge in [-0.2, -0.15) is 0 Å². The van der Waals surface area contributed by atoms with Gasteiger partial charge in [0.05, 0.1) is 6.10 Å². The first-order chi connectivity index (χ1) is 10.8. The monoisotopic (exact) mass is 325 g/mol. The molecule has 2 amide bonds. The van der Waals surface area contributed by atoms with Crippen LogP contribution in [0.3, 0.4) is 0 Å². The molecule has 0 aromatic heterocycles. The lowest BCUT2D eigenvalue weighted by molar-refractivity contribution is 0.167. The van der Waals surface area contributed by atoms with E-state index in [1.165, 1.54) is 12.1 Å². The fourth-order valence-electron chi connectivity index (χ4n) is 2.47. The van der Waals surface area contributed by atoms with Gasteiger partial charge in [0.25, 0.3) is 0 Å². The van der Waals surface area contributed by atoms with Crippen LogP contribution in [0.2, 0.25) is 0 Å². The van der Waals surface area contributed by atoms with Crippen molar-refractivity contribution >= 4 is 6.03 Å². The van der Waals surface area contributed by atoms with Crippen LogP contribution in [0.4, 0.5) is 9.18 Å². The van der Waals surface area contributed by atoms with E-state index in [1.807, 2.05) is 19.0 Å². The molecule has 0 spiro atoms. The Labute approximate surface area is 137 Å². The van der Waals surface area contributed by atoms with Gasteiger partial charge in [-0.15, -0.1) is 0 Å². The van der Waals surface area contributed by atoms with Crippen molar-refractivity contribution in [2.45, 2.75) is 32.4 Å². The first kappa shape index (κ1) is 19.4. The van der Waals surface area contributed by atoms with E-state index in [0.29, 0.717) is 5.92 Å². The highest BCUT2D eigenvalue weighted by atomic mass is 19.1. The third-order valence-electron chi connectivity index (χ3n) is 3.40. The lowest BCUT2D eigenvalue weighted by Gasteiger charge is -2.24. The molecule has 23 heavy (non-hydrogen) atoms. The molecule has 2 atom stereocenters. The van der Waals surface area contributed by atoms with Crippen molar-refractivity contribution in [1.29, 1.82) is 0 Å². The minimum Gasteiger partial charge on any atom is -0.386 e. The molecule has 3 N–H and O–H groups in total. The highest BCUT2D eigenvalue weighted by Gasteiger charge is 2.17. The molecule has 6 heteroatoms. The maximum absolute atomic E-state index is 13.6. The zero-order valence-corrected chi connectivity index (χ0v) is 14.3. The highest BCUT2D eigenvalue weighted by Crippen LogP contribution is 2.15. The molecule has 0 heterocycles. The van der Waals surface area contributed by atoms with E-state index < -0.39 is 11.9 Å². The number of amides is 2. The summed E-state index contributed by atoms with van der Waals surface area (Å²) in [6.07, 6.45) is -0.207. The summed E-state index contributed by atoms with van der Waals surface area (Å²) in [7, 11) is 3.91. The zero-order valence-electron chi connectivity index (χ0n) is 14.3. The van der Waals surface area contributed by atoms with Crippen LogP contribution in [-0.2, 0) is 0 Å². The Morgan fingerprint density at radius 1 is 1.30 bits per heavy atom. The second kappa shape index (κ2) is 9.47. The van der Waals surface area contributed by atoms with Crippen LogP contribution in [-0.4, -0.2) is 49.3 Å². The normalized spacial score (nSPS) is 13.9. The molecule has 0 saturated heterocycles. The Kier molecular flexibility index (Phi) is 7.98. The fraction of sp³-hybridized carbons (Fsp3) is 0.588. The average molecular weight is 325 g/mol. The molecule has 1 aromatic rings. The van der Waals surface area contributed by atoms with E-state index in [-0.39, 0.29) is 24.2 Å². The summed E-state index contributed by atoms with van der Waals surface area (Å²) in [5.74, 6) is -0.0169. The van der Waals surface area contributed by atoms with Gasteiger partial charge < -0.3 is 20.6 Å². The molecular formula is C17H28FN3O2. The van der Waals surface area contributed by atoms with Crippen LogP contribution in [0.1, 0.15) is 31.9 Å². The number of nitrogens with one attached hydrogen (secondary N) is 2. The molecule has 0 fully saturated rings. The molecule has 130 valence electrons. The Morgan fingerprint density at radius 2 is 1.96 bits per heavy atom. The Hall–Kier alpha value is -1.66. The molecule has 0 aliphatic rings. The van der Waals surface area contributed by atoms with Gasteiger partial charge in [0.1, 0.15) is 5.82 Å². The summed E-state index contributed by atoms with van der Waals surface area (Å²) in [5.41, 5.74) is 0.180. The molecule has 1 aromatic carbocycles. The third kappa shape index (κ3) is 7.43. The lowest BCUT2D eigenvalue weighted by Crippen LogP contribution is -2.47. The van der Waals surface area contributed by atoms with Gasteiger partial charge in [-0.05, 0) is 32.5 Å². The van der Waals surface area contributed by atoms with Crippen LogP contribution < -0.4 is 10.6 Å². The average Bonchev–Trinajstić information content (AvgIpc) is 2.43. The number of hydrogen-bond acceptors (Lipinski definition) is 3. The number of nitrogens with zero attached hydrogens (tertiary/aromatic N) is 1. The number of rotatable bonds is 8. The number of aliphatic hydroxyl groups is 1. The summed E-state index contributed by atoms with van der Waals surface area (Å²) in [4.78, 5) is 14.0. The number of likely N-dealkylation sites (N-methyl/N-ethyl adjacent to an activating group) is 1. The second-order valence-corrected chi connectivity index (χ2v) is 6.48. The summed E-state index contributed by atoms with van der Waals surface area (Å²) in [6.45, 7) is 4.90. The quantitative estimate of drug-likeness (QED) is 0.686. The summed E-state index contributed by atoms with van der Waals surface area (Å²) >= 11 is 0. The van der Waals surface area contributed by atoms with Gasteiger partial charge in [-0.1, -0.05) is 32.0 Å². The second-order valence-electron chi connectivity index (χ2n) is 6.48. The van der Waals surface area contributed by atoms with Crippen molar-refractivity contribution in [2.75, 3.05) is 27.2 Å². The first-order valence-electron chi connectivity index (χ1n) is 7.91. The molecule has 0 radical (unpaired) electrons. The van der Waals surface area contributed by atoms with Gasteiger partial charge in [-0.3, -0.25) is 0 Å². The third-order valence-corrected chi connectivity index (χ3v) is 3.40. The standard InChI is InChI=1S/C17H28FN3O2/c1-12(2)9-13(11-21(3)4)20-17(23)19-10-16(22)14-7-5-6-8-15(14)18/h5-8,12-13,16,22H,9-11H2,1-4H3,(H2,19,20,23). The minimum atomic E-state index is -1.07. The maximum atomic E-state index is 13.6. The summed E-state index contributed by atoms with van der Waals surface area (Å²) in [6, 6.07) is 5.67. The topological polar surface area (TPSA) is 64.6 Å². The van der Waals surface area contributed by atoms with E-state index in [4.69, 9.17) is 0 Å². The molecule has 0 aliphatic heterocycles. The fourth-order valence-corrected chi connectivity index (χ4v) is 2.47. The van der Waals surface area contributed by atoms with Crippen molar-refractivity contribution in [3.63, 3.8) is 0 Å². The zero-order chi connectivity index (χ0) is 17.4. The van der Waals surface area contributed by atoms with Crippen molar-refractivity contribution in [3.8, 4) is 0 Å². The summed E-state index contributed by atoms with van der Waals surface area (Å²) < 4.78 is 13.6. The molecular weight excluding hydrogens is 297 g/mol. The molecule has 2 unspecified atom stereocenters. The highest BCUT2D eigenvalue weighted by molar-refractivity contribution is 5.74. The van der Waals surface area contributed by atoms with Crippen molar-refractivity contribution in [1.82, 2.24) is 15.5 Å². The minimum absolute atomic E-state index is 0.0237. The van der Waals surface area contributed by atoms with Crippen molar-refractivity contribution in [3.05, 3.63) is 35.6 Å². The van der Waals surface area contributed by atoms with Gasteiger partial charge in [0, 0.05) is 24.7 Å². The lowest BCUT2D eigenvalue weighted by atomic mass is 10.0. The van der Waals surface area contributed by atoms with E-state index >= 15 is 0 Å². The van der Waals surface area contributed by atoms with Crippen LogP contribution in [0, 0.1) is 11.7 Å². The smallest absolute Gasteiger partial charge is 0.315 e. The number of urea groups is 1. The SMILES string of the molecule is CC(C)CC(CN(C)C)NC(=O)NCC(O)c1ccccc1F. The first-order valence-corrected chi connectivity index (χ1v) is 7.91. The number of benzene rings is 1. The number of hydrogen-bond donors (Lipinski definition) is 3. The molecule has 5 nitrogen and oxygen atoms in total. The van der Waals surface area contributed by atoms with Crippen LogP contribution >= 0.6 is 0 Å². The number of halogens is 1. The Bertz CT molecular complexity index is 484. The number of carbonyl (C=O) groups excluding carboxylic acids is 1. The number of aliphatic hydroxyl groups excluding tert-OH is 1. The molecule has 1 rings (SSSR count). The van der Waals surface area contributed by atoms with E-state index in [0.717, 1.165) is 13.0 Å². The Balaban J connectivity index is 2.49. The van der Waals surface area contributed by atoms with Gasteiger partial charge in [0.15, 0.2) is 0 Å².